The van der Waals surface area contributed by atoms with Crippen LogP contribution in [0, 0.1) is 0 Å². The smallest absolute Gasteiger partial charge is 0.244 e. The van der Waals surface area contributed by atoms with E-state index in [0.717, 1.165) is 0 Å². The molecular weight excluding hydrogens is 356 g/mol. The van der Waals surface area contributed by atoms with E-state index in [9.17, 15) is 13.2 Å². The zero-order valence-corrected chi connectivity index (χ0v) is 16.6. The van der Waals surface area contributed by atoms with E-state index in [2.05, 4.69) is 5.32 Å². The third kappa shape index (κ3) is 5.03. The predicted molar refractivity (Wildman–Crippen MR) is 102 cm³/mol. The van der Waals surface area contributed by atoms with Gasteiger partial charge in [-0.05, 0) is 39.3 Å². The van der Waals surface area contributed by atoms with Gasteiger partial charge in [-0.1, -0.05) is 0 Å². The Morgan fingerprint density at radius 2 is 2.00 bits per heavy atom. The molecule has 0 saturated carbocycles. The van der Waals surface area contributed by atoms with Crippen molar-refractivity contribution in [2.24, 2.45) is 0 Å². The molecule has 0 unspecified atom stereocenters. The van der Waals surface area contributed by atoms with Crippen molar-refractivity contribution >= 4 is 21.4 Å². The van der Waals surface area contributed by atoms with Crippen LogP contribution in [-0.2, 0) is 14.6 Å². The molecular formula is C18H28N2O5S. The van der Waals surface area contributed by atoms with Crippen molar-refractivity contribution in [1.82, 2.24) is 4.90 Å². The molecule has 0 spiro atoms. The number of nitrogens with zero attached hydrogens (tertiary/aromatic N) is 1. The van der Waals surface area contributed by atoms with Crippen molar-refractivity contribution in [3.8, 4) is 11.5 Å². The Bertz CT molecular complexity index is 735. The normalized spacial score (nSPS) is 19.6. The van der Waals surface area contributed by atoms with Gasteiger partial charge in [0, 0.05) is 19.2 Å². The topological polar surface area (TPSA) is 84.9 Å². The largest absolute Gasteiger partial charge is 0.494 e. The summed E-state index contributed by atoms with van der Waals surface area (Å²) < 4.78 is 34.5. The minimum Gasteiger partial charge on any atom is -0.494 e. The summed E-state index contributed by atoms with van der Waals surface area (Å²) >= 11 is 0. The Morgan fingerprint density at radius 3 is 2.58 bits per heavy atom. The number of sulfone groups is 1. The molecule has 1 aromatic carbocycles. The Morgan fingerprint density at radius 1 is 1.31 bits per heavy atom. The fraction of sp³-hybridized carbons (Fsp3) is 0.611. The minimum absolute atomic E-state index is 0.0337. The zero-order valence-electron chi connectivity index (χ0n) is 15.8. The molecule has 1 aromatic rings. The molecule has 1 fully saturated rings. The Balaban J connectivity index is 2.11. The number of nitrogens with one attached hydrogen (secondary N) is 1. The minimum atomic E-state index is -3.04. The average molecular weight is 384 g/mol. The summed E-state index contributed by atoms with van der Waals surface area (Å²) in [6.45, 7) is 6.60. The molecule has 0 radical (unpaired) electrons. The first kappa shape index (κ1) is 20.4. The average Bonchev–Trinajstić information content (AvgIpc) is 2.96. The molecule has 8 heteroatoms. The Kier molecular flexibility index (Phi) is 6.75. The van der Waals surface area contributed by atoms with Gasteiger partial charge >= 0.3 is 0 Å². The van der Waals surface area contributed by atoms with Gasteiger partial charge in [-0.3, -0.25) is 4.79 Å². The lowest BCUT2D eigenvalue weighted by atomic mass is 10.2. The lowest BCUT2D eigenvalue weighted by Crippen LogP contribution is -2.45. The summed E-state index contributed by atoms with van der Waals surface area (Å²) in [6.07, 6.45) is 0.487. The van der Waals surface area contributed by atoms with E-state index in [4.69, 9.17) is 9.47 Å². The molecule has 1 aliphatic rings. The number of rotatable bonds is 8. The summed E-state index contributed by atoms with van der Waals surface area (Å²) in [6, 6.07) is 4.64. The van der Waals surface area contributed by atoms with Gasteiger partial charge in [0.05, 0.1) is 30.4 Å². The van der Waals surface area contributed by atoms with Crippen molar-refractivity contribution in [2.45, 2.75) is 39.3 Å². The van der Waals surface area contributed by atoms with Crippen LogP contribution in [0.1, 0.15) is 27.2 Å². The van der Waals surface area contributed by atoms with Crippen molar-refractivity contribution in [1.29, 1.82) is 0 Å². The number of anilines is 1. The first-order valence-electron chi connectivity index (χ1n) is 8.90. The first-order valence-corrected chi connectivity index (χ1v) is 10.7. The van der Waals surface area contributed by atoms with Crippen LogP contribution in [0.15, 0.2) is 18.2 Å². The molecule has 1 heterocycles. The predicted octanol–water partition coefficient (Wildman–Crippen LogP) is 1.93. The highest BCUT2D eigenvalue weighted by Gasteiger charge is 2.34. The van der Waals surface area contributed by atoms with Gasteiger partial charge in [0.15, 0.2) is 9.84 Å². The van der Waals surface area contributed by atoms with E-state index >= 15 is 0 Å². The number of hydrogen-bond acceptors (Lipinski definition) is 6. The monoisotopic (exact) mass is 384 g/mol. The molecule has 1 saturated heterocycles. The van der Waals surface area contributed by atoms with Crippen LogP contribution in [-0.4, -0.2) is 63.1 Å². The van der Waals surface area contributed by atoms with E-state index < -0.39 is 15.9 Å². The Labute approximate surface area is 155 Å². The Hall–Kier alpha value is -1.96. The van der Waals surface area contributed by atoms with Crippen LogP contribution in [0.5, 0.6) is 11.5 Å². The molecule has 0 aliphatic carbocycles. The first-order chi connectivity index (χ1) is 12.3. The number of carbonyl (C=O) groups excluding carboxylic acids is 1. The van der Waals surface area contributed by atoms with Crippen molar-refractivity contribution in [3.05, 3.63) is 18.2 Å². The maximum Gasteiger partial charge on any atom is 0.244 e. The molecule has 7 nitrogen and oxygen atoms in total. The molecule has 0 aromatic heterocycles. The lowest BCUT2D eigenvalue weighted by Gasteiger charge is -2.27. The number of likely N-dealkylation sites (N-methyl/N-ethyl adjacent to an activating group) is 1. The SMILES string of the molecule is CCOc1ccc(OCC)c(N[C@H](C)C(=O)N(C)[C@@H]2CCS(=O)(=O)C2)c1. The summed E-state index contributed by atoms with van der Waals surface area (Å²) in [5.41, 5.74) is 0.672. The van der Waals surface area contributed by atoms with E-state index in [-0.39, 0.29) is 23.5 Å². The molecule has 2 rings (SSSR count). The molecule has 146 valence electrons. The second-order valence-electron chi connectivity index (χ2n) is 6.40. The highest BCUT2D eigenvalue weighted by atomic mass is 32.2. The number of amides is 1. The summed E-state index contributed by atoms with van der Waals surface area (Å²) in [7, 11) is -1.38. The van der Waals surface area contributed by atoms with Crippen LogP contribution in [0.4, 0.5) is 5.69 Å². The second kappa shape index (κ2) is 8.62. The number of ether oxygens (including phenoxy) is 2. The van der Waals surface area contributed by atoms with Crippen LogP contribution in [0.2, 0.25) is 0 Å². The van der Waals surface area contributed by atoms with Crippen molar-refractivity contribution in [3.63, 3.8) is 0 Å². The van der Waals surface area contributed by atoms with Crippen LogP contribution >= 0.6 is 0 Å². The molecule has 2 atom stereocenters. The van der Waals surface area contributed by atoms with E-state index in [1.807, 2.05) is 19.9 Å². The van der Waals surface area contributed by atoms with Crippen molar-refractivity contribution < 1.29 is 22.7 Å². The van der Waals surface area contributed by atoms with Crippen molar-refractivity contribution in [2.75, 3.05) is 37.1 Å². The highest BCUT2D eigenvalue weighted by molar-refractivity contribution is 7.91. The number of carbonyl (C=O) groups is 1. The van der Waals surface area contributed by atoms with Crippen LogP contribution in [0.25, 0.3) is 0 Å². The van der Waals surface area contributed by atoms with E-state index in [0.29, 0.717) is 36.8 Å². The standard InChI is InChI=1S/C18H28N2O5S/c1-5-24-15-7-8-17(25-6-2)16(11-15)19-13(3)18(21)20(4)14-9-10-26(22,23)12-14/h7-8,11,13-14,19H,5-6,9-10,12H2,1-4H3/t13-,14-/m1/s1. The summed E-state index contributed by atoms with van der Waals surface area (Å²) in [5, 5.41) is 3.17. The van der Waals surface area contributed by atoms with E-state index in [1.54, 1.807) is 26.1 Å². The number of hydrogen-bond donors (Lipinski definition) is 1. The van der Waals surface area contributed by atoms with Gasteiger partial charge in [0.2, 0.25) is 5.91 Å². The van der Waals surface area contributed by atoms with Gasteiger partial charge in [-0.15, -0.1) is 0 Å². The van der Waals surface area contributed by atoms with E-state index in [1.165, 1.54) is 4.90 Å². The fourth-order valence-electron chi connectivity index (χ4n) is 3.02. The summed E-state index contributed by atoms with van der Waals surface area (Å²) in [5.74, 6) is 1.35. The number of benzene rings is 1. The second-order valence-corrected chi connectivity index (χ2v) is 8.62. The zero-order chi connectivity index (χ0) is 19.3. The molecule has 1 amide bonds. The molecule has 1 N–H and O–H groups in total. The van der Waals surface area contributed by atoms with Gasteiger partial charge in [-0.2, -0.15) is 0 Å². The maximum absolute atomic E-state index is 12.7. The molecule has 26 heavy (non-hydrogen) atoms. The van der Waals surface area contributed by atoms with Gasteiger partial charge in [0.25, 0.3) is 0 Å². The third-order valence-electron chi connectivity index (χ3n) is 4.41. The lowest BCUT2D eigenvalue weighted by molar-refractivity contribution is -0.132. The van der Waals surface area contributed by atoms with Gasteiger partial charge in [0.1, 0.15) is 17.5 Å². The maximum atomic E-state index is 12.7. The molecule has 0 bridgehead atoms. The fourth-order valence-corrected chi connectivity index (χ4v) is 4.80. The molecule has 1 aliphatic heterocycles. The third-order valence-corrected chi connectivity index (χ3v) is 6.16. The van der Waals surface area contributed by atoms with Gasteiger partial charge < -0.3 is 19.7 Å². The summed E-state index contributed by atoms with van der Waals surface area (Å²) in [4.78, 5) is 14.3. The van der Waals surface area contributed by atoms with Crippen LogP contribution < -0.4 is 14.8 Å². The quantitative estimate of drug-likeness (QED) is 0.737. The van der Waals surface area contributed by atoms with Crippen LogP contribution in [0.3, 0.4) is 0 Å². The van der Waals surface area contributed by atoms with Gasteiger partial charge in [-0.25, -0.2) is 8.42 Å². The highest BCUT2D eigenvalue weighted by Crippen LogP contribution is 2.30.